The molecular formula is C12H14N4O3. The van der Waals surface area contributed by atoms with Crippen LogP contribution in [0.5, 0.6) is 0 Å². The summed E-state index contributed by atoms with van der Waals surface area (Å²) in [4.78, 5) is 21.7. The van der Waals surface area contributed by atoms with E-state index in [-0.39, 0.29) is 17.3 Å². The van der Waals surface area contributed by atoms with Gasteiger partial charge in [0.25, 0.3) is 5.89 Å². The Morgan fingerprint density at radius 1 is 1.53 bits per heavy atom. The molecule has 1 aliphatic rings. The Bertz CT molecular complexity index is 604. The number of carboxylic acids is 1. The summed E-state index contributed by atoms with van der Waals surface area (Å²) in [5, 5.41) is 13.0. The van der Waals surface area contributed by atoms with Crippen LogP contribution in [0.25, 0.3) is 11.6 Å². The molecule has 2 N–H and O–H groups in total. The Morgan fingerprint density at radius 3 is 3.05 bits per heavy atom. The largest absolute Gasteiger partial charge is 0.476 e. The van der Waals surface area contributed by atoms with Crippen LogP contribution in [-0.2, 0) is 0 Å². The molecular weight excluding hydrogens is 248 g/mol. The van der Waals surface area contributed by atoms with Crippen molar-refractivity contribution in [2.75, 3.05) is 0 Å². The van der Waals surface area contributed by atoms with Crippen LogP contribution in [0.2, 0.25) is 0 Å². The lowest BCUT2D eigenvalue weighted by atomic mass is 10.1. The van der Waals surface area contributed by atoms with E-state index in [4.69, 9.17) is 9.63 Å². The van der Waals surface area contributed by atoms with E-state index in [0.717, 1.165) is 12.8 Å². The van der Waals surface area contributed by atoms with Crippen molar-refractivity contribution in [2.24, 2.45) is 5.92 Å². The minimum absolute atomic E-state index is 0.102. The van der Waals surface area contributed by atoms with Gasteiger partial charge >= 0.3 is 5.97 Å². The van der Waals surface area contributed by atoms with E-state index < -0.39 is 5.97 Å². The smallest absolute Gasteiger partial charge is 0.356 e. The number of aromatic amines is 1. The SMILES string of the molecule is CC1CCC(c2noc(-c3[nH]cnc3C(=O)O)n2)C1. The number of rotatable bonds is 3. The topological polar surface area (TPSA) is 105 Å². The summed E-state index contributed by atoms with van der Waals surface area (Å²) in [5.74, 6) is 0.706. The Morgan fingerprint density at radius 2 is 2.37 bits per heavy atom. The molecule has 1 aliphatic carbocycles. The van der Waals surface area contributed by atoms with Crippen molar-refractivity contribution < 1.29 is 14.4 Å². The molecule has 3 rings (SSSR count). The zero-order valence-electron chi connectivity index (χ0n) is 10.5. The van der Waals surface area contributed by atoms with Crippen LogP contribution >= 0.6 is 0 Å². The second-order valence-electron chi connectivity index (χ2n) is 5.00. The number of imidazole rings is 1. The van der Waals surface area contributed by atoms with Gasteiger partial charge in [-0.1, -0.05) is 12.1 Å². The van der Waals surface area contributed by atoms with Crippen molar-refractivity contribution in [1.29, 1.82) is 0 Å². The Balaban J connectivity index is 1.89. The predicted octanol–water partition coefficient (Wildman–Crippen LogP) is 2.06. The predicted molar refractivity (Wildman–Crippen MR) is 64.6 cm³/mol. The van der Waals surface area contributed by atoms with Crippen LogP contribution in [0.4, 0.5) is 0 Å². The van der Waals surface area contributed by atoms with Gasteiger partial charge in [0.2, 0.25) is 0 Å². The fourth-order valence-corrected chi connectivity index (χ4v) is 2.56. The Hall–Kier alpha value is -2.18. The molecule has 2 unspecified atom stereocenters. The molecule has 0 radical (unpaired) electrons. The third-order valence-corrected chi connectivity index (χ3v) is 3.56. The summed E-state index contributed by atoms with van der Waals surface area (Å²) >= 11 is 0. The molecule has 100 valence electrons. The van der Waals surface area contributed by atoms with Crippen molar-refractivity contribution in [2.45, 2.75) is 32.1 Å². The molecule has 2 aromatic rings. The van der Waals surface area contributed by atoms with Gasteiger partial charge in [-0.25, -0.2) is 9.78 Å². The number of nitrogens with one attached hydrogen (secondary N) is 1. The zero-order chi connectivity index (χ0) is 13.4. The zero-order valence-corrected chi connectivity index (χ0v) is 10.5. The van der Waals surface area contributed by atoms with Gasteiger partial charge in [-0.15, -0.1) is 0 Å². The molecule has 0 spiro atoms. The fraction of sp³-hybridized carbons (Fsp3) is 0.500. The first kappa shape index (κ1) is 11.9. The van der Waals surface area contributed by atoms with Crippen LogP contribution in [-0.4, -0.2) is 31.2 Å². The molecule has 0 amide bonds. The number of H-pyrrole nitrogens is 1. The van der Waals surface area contributed by atoms with E-state index in [0.29, 0.717) is 17.7 Å². The molecule has 7 nitrogen and oxygen atoms in total. The van der Waals surface area contributed by atoms with E-state index in [1.54, 1.807) is 0 Å². The average Bonchev–Trinajstić information content (AvgIpc) is 3.07. The molecule has 0 saturated heterocycles. The van der Waals surface area contributed by atoms with Crippen LogP contribution in [0.3, 0.4) is 0 Å². The Labute approximate surface area is 109 Å². The Kier molecular flexibility index (Phi) is 2.81. The number of hydrogen-bond donors (Lipinski definition) is 2. The monoisotopic (exact) mass is 262 g/mol. The maximum Gasteiger partial charge on any atom is 0.356 e. The number of carbonyl (C=O) groups is 1. The lowest BCUT2D eigenvalue weighted by Gasteiger charge is -2.01. The van der Waals surface area contributed by atoms with Crippen molar-refractivity contribution >= 4 is 5.97 Å². The van der Waals surface area contributed by atoms with Gasteiger partial charge < -0.3 is 14.6 Å². The summed E-state index contributed by atoms with van der Waals surface area (Å²) in [6, 6.07) is 0. The van der Waals surface area contributed by atoms with Crippen LogP contribution in [0, 0.1) is 5.92 Å². The summed E-state index contributed by atoms with van der Waals surface area (Å²) in [6.07, 6.45) is 4.57. The molecule has 2 aromatic heterocycles. The first-order chi connectivity index (χ1) is 9.15. The van der Waals surface area contributed by atoms with Crippen LogP contribution < -0.4 is 0 Å². The van der Waals surface area contributed by atoms with Crippen LogP contribution in [0.15, 0.2) is 10.9 Å². The highest BCUT2D eigenvalue weighted by Crippen LogP contribution is 2.37. The van der Waals surface area contributed by atoms with E-state index in [1.807, 2.05) is 0 Å². The van der Waals surface area contributed by atoms with Crippen molar-refractivity contribution in [3.8, 4) is 11.6 Å². The lowest BCUT2D eigenvalue weighted by molar-refractivity contribution is 0.0691. The van der Waals surface area contributed by atoms with E-state index >= 15 is 0 Å². The van der Waals surface area contributed by atoms with Gasteiger partial charge in [-0.3, -0.25) is 0 Å². The molecule has 19 heavy (non-hydrogen) atoms. The number of nitrogens with zero attached hydrogens (tertiary/aromatic N) is 3. The summed E-state index contributed by atoms with van der Waals surface area (Å²) in [5.41, 5.74) is 0.160. The second-order valence-corrected chi connectivity index (χ2v) is 5.00. The molecule has 7 heteroatoms. The van der Waals surface area contributed by atoms with Gasteiger partial charge in [0, 0.05) is 5.92 Å². The summed E-state index contributed by atoms with van der Waals surface area (Å²) in [6.45, 7) is 2.21. The molecule has 2 atom stereocenters. The minimum atomic E-state index is -1.12. The maximum absolute atomic E-state index is 11.0. The fourth-order valence-electron chi connectivity index (χ4n) is 2.56. The van der Waals surface area contributed by atoms with Gasteiger partial charge in [-0.2, -0.15) is 4.98 Å². The molecule has 0 bridgehead atoms. The third kappa shape index (κ3) is 2.11. The number of hydrogen-bond acceptors (Lipinski definition) is 5. The van der Waals surface area contributed by atoms with Crippen molar-refractivity contribution in [3.05, 3.63) is 17.8 Å². The highest BCUT2D eigenvalue weighted by molar-refractivity contribution is 5.91. The van der Waals surface area contributed by atoms with Gasteiger partial charge in [0.1, 0.15) is 5.69 Å². The molecule has 2 heterocycles. The summed E-state index contributed by atoms with van der Waals surface area (Å²) < 4.78 is 5.15. The highest BCUT2D eigenvalue weighted by atomic mass is 16.5. The first-order valence-corrected chi connectivity index (χ1v) is 6.25. The average molecular weight is 262 g/mol. The first-order valence-electron chi connectivity index (χ1n) is 6.25. The maximum atomic E-state index is 11.0. The number of aromatic nitrogens is 4. The molecule has 0 aliphatic heterocycles. The lowest BCUT2D eigenvalue weighted by Crippen LogP contribution is -2.00. The normalized spacial score (nSPS) is 22.8. The summed E-state index contributed by atoms with van der Waals surface area (Å²) in [7, 11) is 0. The van der Waals surface area contributed by atoms with E-state index in [9.17, 15) is 4.79 Å². The van der Waals surface area contributed by atoms with E-state index in [2.05, 4.69) is 27.0 Å². The van der Waals surface area contributed by atoms with Gasteiger partial charge in [0.15, 0.2) is 11.5 Å². The van der Waals surface area contributed by atoms with E-state index in [1.165, 1.54) is 12.7 Å². The van der Waals surface area contributed by atoms with Gasteiger partial charge in [-0.05, 0) is 25.2 Å². The van der Waals surface area contributed by atoms with Crippen LogP contribution in [0.1, 0.15) is 48.4 Å². The standard InChI is InChI=1S/C12H14N4O3/c1-6-2-3-7(4-6)10-15-11(19-16-10)8-9(12(17)18)14-5-13-8/h5-7H,2-4H2,1H3,(H,13,14)(H,17,18). The third-order valence-electron chi connectivity index (χ3n) is 3.56. The molecule has 1 saturated carbocycles. The second kappa shape index (κ2) is 4.49. The minimum Gasteiger partial charge on any atom is -0.476 e. The highest BCUT2D eigenvalue weighted by Gasteiger charge is 2.28. The quantitative estimate of drug-likeness (QED) is 0.877. The number of aromatic carboxylic acids is 1. The molecule has 0 aromatic carbocycles. The molecule has 1 fully saturated rings. The van der Waals surface area contributed by atoms with Crippen molar-refractivity contribution in [1.82, 2.24) is 20.1 Å². The number of carboxylic acid groups (broad SMARTS) is 1. The van der Waals surface area contributed by atoms with Crippen molar-refractivity contribution in [3.63, 3.8) is 0 Å². The van der Waals surface area contributed by atoms with Gasteiger partial charge in [0.05, 0.1) is 6.33 Å².